The van der Waals surface area contributed by atoms with Gasteiger partial charge in [0, 0.05) is 0 Å². The van der Waals surface area contributed by atoms with Crippen molar-refractivity contribution >= 4 is 46.3 Å². The summed E-state index contributed by atoms with van der Waals surface area (Å²) in [7, 11) is 1.43. The summed E-state index contributed by atoms with van der Waals surface area (Å²) in [6.45, 7) is 1.69. The number of aliphatic carboxylic acids is 1. The van der Waals surface area contributed by atoms with Gasteiger partial charge in [0.1, 0.15) is 10.4 Å². The monoisotopic (exact) mass is 353 g/mol. The molecule has 0 aliphatic carbocycles. The maximum Gasteiger partial charge on any atom is 0.326 e. The Bertz CT molecular complexity index is 701. The summed E-state index contributed by atoms with van der Waals surface area (Å²) in [6.07, 6.45) is 1.86. The van der Waals surface area contributed by atoms with Crippen molar-refractivity contribution in [3.05, 3.63) is 28.7 Å². The van der Waals surface area contributed by atoms with Gasteiger partial charge < -0.3 is 14.9 Å². The van der Waals surface area contributed by atoms with Crippen molar-refractivity contribution in [1.82, 2.24) is 4.90 Å². The zero-order chi connectivity index (χ0) is 17.1. The molecule has 1 atom stereocenters. The number of carboxylic acid groups (broad SMARTS) is 1. The van der Waals surface area contributed by atoms with Crippen LogP contribution < -0.4 is 4.74 Å². The molecule has 1 heterocycles. The summed E-state index contributed by atoms with van der Waals surface area (Å²) in [5.74, 6) is -1.24. The van der Waals surface area contributed by atoms with E-state index in [0.29, 0.717) is 10.5 Å². The van der Waals surface area contributed by atoms with Gasteiger partial charge in [0.2, 0.25) is 0 Å². The van der Waals surface area contributed by atoms with Gasteiger partial charge in [0.15, 0.2) is 11.5 Å². The maximum absolute atomic E-state index is 12.5. The number of phenolic OH excluding ortho intramolecular Hbond substituents is 1. The first-order valence-electron chi connectivity index (χ1n) is 6.76. The lowest BCUT2D eigenvalue weighted by Crippen LogP contribution is -2.43. The largest absolute Gasteiger partial charge is 0.504 e. The molecule has 0 unspecified atom stereocenters. The molecule has 0 radical (unpaired) electrons. The number of ether oxygens (including phenoxy) is 1. The Morgan fingerprint density at radius 1 is 1.52 bits per heavy atom. The van der Waals surface area contributed by atoms with Crippen LogP contribution in [0.4, 0.5) is 0 Å². The lowest BCUT2D eigenvalue weighted by atomic mass is 10.1. The highest BCUT2D eigenvalue weighted by Crippen LogP contribution is 2.35. The van der Waals surface area contributed by atoms with Crippen LogP contribution in [-0.4, -0.2) is 44.5 Å². The molecule has 1 aliphatic rings. The van der Waals surface area contributed by atoms with Gasteiger partial charge in [0.05, 0.1) is 12.0 Å². The molecule has 6 nitrogen and oxygen atoms in total. The minimum atomic E-state index is -1.09. The van der Waals surface area contributed by atoms with Gasteiger partial charge >= 0.3 is 5.97 Å². The van der Waals surface area contributed by atoms with Crippen molar-refractivity contribution in [2.75, 3.05) is 7.11 Å². The van der Waals surface area contributed by atoms with Crippen molar-refractivity contribution in [3.63, 3.8) is 0 Å². The fourth-order valence-corrected chi connectivity index (χ4v) is 3.51. The minimum absolute atomic E-state index is 0.00544. The topological polar surface area (TPSA) is 87.1 Å². The van der Waals surface area contributed by atoms with Crippen LogP contribution in [0.5, 0.6) is 11.5 Å². The van der Waals surface area contributed by atoms with Gasteiger partial charge in [-0.2, -0.15) is 0 Å². The average Bonchev–Trinajstić information content (AvgIpc) is 2.77. The molecule has 0 spiro atoms. The highest BCUT2D eigenvalue weighted by molar-refractivity contribution is 8.26. The molecular weight excluding hydrogens is 338 g/mol. The van der Waals surface area contributed by atoms with E-state index >= 15 is 0 Å². The number of amides is 1. The van der Waals surface area contributed by atoms with Crippen LogP contribution in [0, 0.1) is 0 Å². The lowest BCUT2D eigenvalue weighted by molar-refractivity contribution is -0.145. The number of thioether (sulfide) groups is 1. The van der Waals surface area contributed by atoms with Crippen molar-refractivity contribution in [2.24, 2.45) is 0 Å². The first kappa shape index (κ1) is 17.3. The number of hydrogen-bond donors (Lipinski definition) is 2. The van der Waals surface area contributed by atoms with Crippen LogP contribution in [0.3, 0.4) is 0 Å². The lowest BCUT2D eigenvalue weighted by Gasteiger charge is -2.21. The van der Waals surface area contributed by atoms with Crippen molar-refractivity contribution in [2.45, 2.75) is 19.4 Å². The summed E-state index contributed by atoms with van der Waals surface area (Å²) in [4.78, 5) is 25.2. The highest BCUT2D eigenvalue weighted by atomic mass is 32.2. The summed E-state index contributed by atoms with van der Waals surface area (Å²) >= 11 is 6.20. The molecule has 1 fully saturated rings. The molecule has 0 aromatic heterocycles. The van der Waals surface area contributed by atoms with Gasteiger partial charge in [-0.15, -0.1) is 0 Å². The number of hydrogen-bond acceptors (Lipinski definition) is 6. The van der Waals surface area contributed by atoms with Gasteiger partial charge in [-0.3, -0.25) is 9.69 Å². The van der Waals surface area contributed by atoms with Crippen LogP contribution in [0.15, 0.2) is 23.1 Å². The van der Waals surface area contributed by atoms with E-state index in [1.165, 1.54) is 13.2 Å². The van der Waals surface area contributed by atoms with Crippen molar-refractivity contribution < 1.29 is 24.5 Å². The Morgan fingerprint density at radius 2 is 2.22 bits per heavy atom. The van der Waals surface area contributed by atoms with Gasteiger partial charge in [0.25, 0.3) is 5.91 Å². The second-order valence-electron chi connectivity index (χ2n) is 4.75. The van der Waals surface area contributed by atoms with Crippen molar-refractivity contribution in [3.8, 4) is 11.5 Å². The number of carbonyl (C=O) groups excluding carboxylic acids is 1. The molecule has 1 aromatic carbocycles. The number of rotatable bonds is 5. The zero-order valence-electron chi connectivity index (χ0n) is 12.5. The van der Waals surface area contributed by atoms with E-state index in [2.05, 4.69) is 0 Å². The summed E-state index contributed by atoms with van der Waals surface area (Å²) < 4.78 is 5.24. The number of carbonyl (C=O) groups is 2. The van der Waals surface area contributed by atoms with Crippen LogP contribution in [0.2, 0.25) is 0 Å². The fraction of sp³-hybridized carbons (Fsp3) is 0.267. The minimum Gasteiger partial charge on any atom is -0.504 e. The number of methoxy groups -OCH3 is 1. The molecule has 1 amide bonds. The third-order valence-corrected chi connectivity index (χ3v) is 4.64. The van der Waals surface area contributed by atoms with E-state index in [0.717, 1.165) is 16.7 Å². The number of benzene rings is 1. The predicted molar refractivity (Wildman–Crippen MR) is 91.4 cm³/mol. The van der Waals surface area contributed by atoms with Crippen molar-refractivity contribution in [1.29, 1.82) is 0 Å². The summed E-state index contributed by atoms with van der Waals surface area (Å²) in [5.41, 5.74) is 0.642. The number of thiocarbonyl (C=S) groups is 1. The molecule has 2 rings (SSSR count). The van der Waals surface area contributed by atoms with E-state index in [9.17, 15) is 19.8 Å². The van der Waals surface area contributed by atoms with E-state index in [1.54, 1.807) is 25.1 Å². The molecule has 23 heavy (non-hydrogen) atoms. The summed E-state index contributed by atoms with van der Waals surface area (Å²) in [6, 6.07) is 3.69. The molecule has 1 aromatic rings. The van der Waals surface area contributed by atoms with Crippen LogP contribution in [0.25, 0.3) is 6.08 Å². The summed E-state index contributed by atoms with van der Waals surface area (Å²) in [5, 5.41) is 18.8. The number of aromatic hydroxyl groups is 1. The first-order chi connectivity index (χ1) is 10.9. The normalized spacial score (nSPS) is 17.7. The Balaban J connectivity index is 2.33. The molecule has 122 valence electrons. The molecule has 8 heteroatoms. The maximum atomic E-state index is 12.5. The molecule has 1 saturated heterocycles. The Kier molecular flexibility index (Phi) is 5.27. The Hall–Kier alpha value is -2.06. The van der Waals surface area contributed by atoms with Crippen LogP contribution in [0.1, 0.15) is 18.9 Å². The molecular formula is C15H15NO5S2. The standard InChI is InChI=1S/C15H15NO5S2/c1-3-9(14(19)20)16-13(18)12(23-15(16)22)7-8-4-5-10(17)11(6-8)21-2/h4-7,9,17H,3H2,1-2H3,(H,19,20)/b12-7+/t9-/m1/s1. The third kappa shape index (κ3) is 3.48. The second kappa shape index (κ2) is 7.01. The smallest absolute Gasteiger partial charge is 0.326 e. The fourth-order valence-electron chi connectivity index (χ4n) is 2.15. The quantitative estimate of drug-likeness (QED) is 0.621. The van der Waals surface area contributed by atoms with E-state index in [4.69, 9.17) is 17.0 Å². The molecule has 2 N–H and O–H groups in total. The molecule has 0 bridgehead atoms. The number of phenols is 1. The average molecular weight is 353 g/mol. The SMILES string of the molecule is CC[C@H](C(=O)O)N1C(=O)/C(=C\c2ccc(O)c(OC)c2)SC1=S. The second-order valence-corrected chi connectivity index (χ2v) is 6.42. The highest BCUT2D eigenvalue weighted by Gasteiger charge is 2.39. The van der Waals surface area contributed by atoms with E-state index in [-0.39, 0.29) is 22.2 Å². The van der Waals surface area contributed by atoms with Gasteiger partial charge in [-0.25, -0.2) is 4.79 Å². The van der Waals surface area contributed by atoms with Gasteiger partial charge in [-0.1, -0.05) is 37.0 Å². The third-order valence-electron chi connectivity index (χ3n) is 3.31. The van der Waals surface area contributed by atoms with E-state index < -0.39 is 17.9 Å². The molecule has 1 aliphatic heterocycles. The Labute approximate surface area is 142 Å². The van der Waals surface area contributed by atoms with Gasteiger partial charge in [-0.05, 0) is 30.2 Å². The van der Waals surface area contributed by atoms with Crippen LogP contribution in [-0.2, 0) is 9.59 Å². The predicted octanol–water partition coefficient (Wildman–Crippen LogP) is 2.47. The molecule has 0 saturated carbocycles. The number of nitrogens with zero attached hydrogens (tertiary/aromatic N) is 1. The van der Waals surface area contributed by atoms with E-state index in [1.807, 2.05) is 0 Å². The van der Waals surface area contributed by atoms with Crippen LogP contribution >= 0.6 is 24.0 Å². The number of carboxylic acids is 1. The zero-order valence-corrected chi connectivity index (χ0v) is 14.1. The first-order valence-corrected chi connectivity index (χ1v) is 7.98. The Morgan fingerprint density at radius 3 is 2.78 bits per heavy atom.